The number of benzene rings is 2. The molecular formula is C24H27N5O2. The molecule has 0 radical (unpaired) electrons. The number of hydrogen-bond acceptors (Lipinski definition) is 5. The third-order valence-corrected chi connectivity index (χ3v) is 5.25. The highest BCUT2D eigenvalue weighted by molar-refractivity contribution is 5.81. The predicted molar refractivity (Wildman–Crippen MR) is 123 cm³/mol. The predicted octanol–water partition coefficient (Wildman–Crippen LogP) is 4.58. The number of fused-ring (bicyclic) bond motifs is 1. The van der Waals surface area contributed by atoms with Crippen LogP contribution >= 0.6 is 0 Å². The van der Waals surface area contributed by atoms with Gasteiger partial charge in [0.1, 0.15) is 22.8 Å². The van der Waals surface area contributed by atoms with E-state index in [4.69, 9.17) is 10.5 Å². The normalized spacial score (nSPS) is 11.2. The maximum Gasteiger partial charge on any atom is 0.328 e. The number of unbranched alkanes of at least 4 members (excludes halogenated alkanes) is 2. The van der Waals surface area contributed by atoms with Crippen LogP contribution in [0, 0.1) is 6.92 Å². The number of nitrogens with one attached hydrogen (secondary N) is 1. The van der Waals surface area contributed by atoms with Gasteiger partial charge in [0.2, 0.25) is 0 Å². The van der Waals surface area contributed by atoms with E-state index in [0.717, 1.165) is 23.5 Å². The summed E-state index contributed by atoms with van der Waals surface area (Å²) >= 11 is 0. The third-order valence-electron chi connectivity index (χ3n) is 5.25. The molecule has 0 saturated heterocycles. The van der Waals surface area contributed by atoms with Crippen LogP contribution in [0.3, 0.4) is 0 Å². The third kappa shape index (κ3) is 4.77. The van der Waals surface area contributed by atoms with Gasteiger partial charge < -0.3 is 15.5 Å². The molecule has 0 aliphatic rings. The van der Waals surface area contributed by atoms with E-state index >= 15 is 0 Å². The highest BCUT2D eigenvalue weighted by Crippen LogP contribution is 2.23. The van der Waals surface area contributed by atoms with E-state index in [1.807, 2.05) is 36.4 Å². The van der Waals surface area contributed by atoms with E-state index in [1.54, 1.807) is 11.5 Å². The van der Waals surface area contributed by atoms with Crippen LogP contribution in [0.15, 0.2) is 53.3 Å². The van der Waals surface area contributed by atoms with Gasteiger partial charge in [-0.15, -0.1) is 0 Å². The molecule has 0 atom stereocenters. The molecule has 0 aliphatic heterocycles. The molecule has 7 heteroatoms. The van der Waals surface area contributed by atoms with Gasteiger partial charge in [0.15, 0.2) is 11.5 Å². The molecule has 2 heterocycles. The Kier molecular flexibility index (Phi) is 6.02. The zero-order valence-electron chi connectivity index (χ0n) is 17.9. The number of H-pyrrole nitrogens is 1. The van der Waals surface area contributed by atoms with E-state index in [0.29, 0.717) is 23.5 Å². The summed E-state index contributed by atoms with van der Waals surface area (Å²) in [5.74, 6) is 2.36. The lowest BCUT2D eigenvalue weighted by Gasteiger charge is -2.09. The van der Waals surface area contributed by atoms with E-state index in [-0.39, 0.29) is 11.5 Å². The lowest BCUT2D eigenvalue weighted by molar-refractivity contribution is 0.482. The number of aryl methyl sites for hydroxylation is 2. The average molecular weight is 418 g/mol. The minimum atomic E-state index is -0.263. The molecule has 4 rings (SSSR count). The van der Waals surface area contributed by atoms with Crippen molar-refractivity contribution in [3.05, 3.63) is 76.0 Å². The molecule has 160 valence electrons. The second-order valence-electron chi connectivity index (χ2n) is 7.72. The lowest BCUT2D eigenvalue weighted by Crippen LogP contribution is -2.17. The fraction of sp³-hybridized carbons (Fsp3) is 0.292. The Morgan fingerprint density at radius 2 is 1.61 bits per heavy atom. The maximum atomic E-state index is 12.4. The summed E-state index contributed by atoms with van der Waals surface area (Å²) in [7, 11) is 0. The largest absolute Gasteiger partial charge is 0.457 e. The molecule has 3 N–H and O–H groups in total. The smallest absolute Gasteiger partial charge is 0.328 e. The minimum Gasteiger partial charge on any atom is -0.457 e. The molecule has 0 aliphatic carbocycles. The molecule has 2 aromatic heterocycles. The van der Waals surface area contributed by atoms with Crippen molar-refractivity contribution in [2.75, 3.05) is 5.73 Å². The average Bonchev–Trinajstić information content (AvgIpc) is 3.07. The Balaban J connectivity index is 1.45. The summed E-state index contributed by atoms with van der Waals surface area (Å²) in [6.45, 7) is 4.34. The van der Waals surface area contributed by atoms with Gasteiger partial charge in [-0.3, -0.25) is 4.57 Å². The van der Waals surface area contributed by atoms with E-state index < -0.39 is 0 Å². The lowest BCUT2D eigenvalue weighted by atomic mass is 10.1. The number of imidazole rings is 1. The fourth-order valence-corrected chi connectivity index (χ4v) is 3.60. The molecule has 0 fully saturated rings. The Morgan fingerprint density at radius 3 is 2.26 bits per heavy atom. The molecule has 0 amide bonds. The first-order valence-electron chi connectivity index (χ1n) is 10.6. The summed E-state index contributed by atoms with van der Waals surface area (Å²) in [6, 6.07) is 15.9. The van der Waals surface area contributed by atoms with E-state index in [1.165, 1.54) is 24.8 Å². The minimum absolute atomic E-state index is 0.263. The van der Waals surface area contributed by atoms with Gasteiger partial charge in [-0.1, -0.05) is 44.0 Å². The first-order chi connectivity index (χ1) is 15.0. The number of nitrogen functional groups attached to an aromatic ring is 1. The van der Waals surface area contributed by atoms with Crippen LogP contribution in [0.1, 0.15) is 43.1 Å². The molecular weight excluding hydrogens is 390 g/mol. The summed E-state index contributed by atoms with van der Waals surface area (Å²) in [5, 5.41) is 0. The summed E-state index contributed by atoms with van der Waals surface area (Å²) in [6.07, 6.45) is 4.81. The molecule has 7 nitrogen and oxygen atoms in total. The van der Waals surface area contributed by atoms with Gasteiger partial charge in [-0.05, 0) is 55.2 Å². The molecule has 0 bridgehead atoms. The molecule has 31 heavy (non-hydrogen) atoms. The number of hydrogen-bond donors (Lipinski definition) is 2. The number of rotatable bonds is 8. The van der Waals surface area contributed by atoms with Crippen LogP contribution in [0.2, 0.25) is 0 Å². The van der Waals surface area contributed by atoms with E-state index in [9.17, 15) is 4.79 Å². The summed E-state index contributed by atoms with van der Waals surface area (Å²) in [5.41, 5.74) is 8.91. The zero-order valence-corrected chi connectivity index (χ0v) is 17.9. The van der Waals surface area contributed by atoms with Crippen molar-refractivity contribution in [3.8, 4) is 11.5 Å². The molecule has 0 spiro atoms. The number of nitrogens with zero attached hydrogens (tertiary/aromatic N) is 3. The molecule has 0 unspecified atom stereocenters. The standard InChI is InChI=1S/C24H27N5O2/c1-3-4-5-6-17-7-11-19(12-8-17)31-20-13-9-18(10-14-20)15-29-23-21(28-24(29)30)22(25)26-16(2)27-23/h7-14H,3-6,15H2,1-2H3,(H,28,30)(H2,25,26,27). The van der Waals surface area contributed by atoms with E-state index in [2.05, 4.69) is 34.0 Å². The molecule has 0 saturated carbocycles. The SMILES string of the molecule is CCCCCc1ccc(Oc2ccc(Cn3c(=O)[nH]c4c(N)nc(C)nc43)cc2)cc1. The van der Waals surface area contributed by atoms with Gasteiger partial charge in [-0.25, -0.2) is 14.8 Å². The highest BCUT2D eigenvalue weighted by Gasteiger charge is 2.13. The summed E-state index contributed by atoms with van der Waals surface area (Å²) in [4.78, 5) is 23.6. The van der Waals surface area contributed by atoms with Crippen LogP contribution in [0.5, 0.6) is 11.5 Å². The van der Waals surface area contributed by atoms with Crippen molar-refractivity contribution in [2.45, 2.75) is 46.1 Å². The number of anilines is 1. The van der Waals surface area contributed by atoms with Gasteiger partial charge in [-0.2, -0.15) is 0 Å². The number of nitrogens with two attached hydrogens (primary N) is 1. The van der Waals surface area contributed by atoms with Crippen LogP contribution in [-0.2, 0) is 13.0 Å². The van der Waals surface area contributed by atoms with Crippen molar-refractivity contribution < 1.29 is 4.74 Å². The first kappa shape index (κ1) is 20.7. The summed E-state index contributed by atoms with van der Waals surface area (Å²) < 4.78 is 7.53. The van der Waals surface area contributed by atoms with Crippen molar-refractivity contribution in [2.24, 2.45) is 0 Å². The molecule has 4 aromatic rings. The van der Waals surface area contributed by atoms with Crippen molar-refractivity contribution in [3.63, 3.8) is 0 Å². The molecule has 2 aromatic carbocycles. The monoisotopic (exact) mass is 417 g/mol. The Bertz CT molecular complexity index is 1220. The van der Waals surface area contributed by atoms with Crippen molar-refractivity contribution in [1.29, 1.82) is 0 Å². The number of ether oxygens (including phenoxy) is 1. The van der Waals surface area contributed by atoms with Gasteiger partial charge in [0.25, 0.3) is 0 Å². The first-order valence-corrected chi connectivity index (χ1v) is 10.6. The Labute approximate surface area is 180 Å². The van der Waals surface area contributed by atoms with Crippen LogP contribution in [0.4, 0.5) is 5.82 Å². The maximum absolute atomic E-state index is 12.4. The van der Waals surface area contributed by atoms with Crippen molar-refractivity contribution in [1.82, 2.24) is 19.5 Å². The Morgan fingerprint density at radius 1 is 0.968 bits per heavy atom. The second kappa shape index (κ2) is 9.04. The Hall–Kier alpha value is -3.61. The zero-order chi connectivity index (χ0) is 21.8. The topological polar surface area (TPSA) is 98.8 Å². The number of aromatic amines is 1. The van der Waals surface area contributed by atoms with Gasteiger partial charge >= 0.3 is 5.69 Å². The van der Waals surface area contributed by atoms with Crippen LogP contribution in [-0.4, -0.2) is 19.5 Å². The quantitative estimate of drug-likeness (QED) is 0.409. The van der Waals surface area contributed by atoms with Gasteiger partial charge in [0.05, 0.1) is 6.54 Å². The fourth-order valence-electron chi connectivity index (χ4n) is 3.60. The van der Waals surface area contributed by atoms with Crippen molar-refractivity contribution >= 4 is 17.0 Å². The van der Waals surface area contributed by atoms with Gasteiger partial charge in [0, 0.05) is 0 Å². The second-order valence-corrected chi connectivity index (χ2v) is 7.72. The van der Waals surface area contributed by atoms with Crippen LogP contribution in [0.25, 0.3) is 11.2 Å². The van der Waals surface area contributed by atoms with Crippen LogP contribution < -0.4 is 16.2 Å². The number of aromatic nitrogens is 4. The highest BCUT2D eigenvalue weighted by atomic mass is 16.5.